The summed E-state index contributed by atoms with van der Waals surface area (Å²) in [6.45, 7) is 5.66. The molecular weight excluding hydrogens is 302 g/mol. The number of hydrogen-bond acceptors (Lipinski definition) is 6. The summed E-state index contributed by atoms with van der Waals surface area (Å²) in [4.78, 5) is 43.9. The zero-order chi connectivity index (χ0) is 17.7. The van der Waals surface area contributed by atoms with Gasteiger partial charge in [-0.3, -0.25) is 4.79 Å². The summed E-state index contributed by atoms with van der Waals surface area (Å²) >= 11 is 0. The molecule has 0 radical (unpaired) electrons. The maximum Gasteiger partial charge on any atom is 0.407 e. The molecule has 0 saturated heterocycles. The quantitative estimate of drug-likeness (QED) is 0.354. The van der Waals surface area contributed by atoms with Gasteiger partial charge in [0.1, 0.15) is 24.3 Å². The van der Waals surface area contributed by atoms with E-state index in [1.807, 2.05) is 0 Å². The lowest BCUT2D eigenvalue weighted by molar-refractivity contribution is -0.154. The molecule has 1 amide bonds. The maximum atomic E-state index is 11.6. The molecule has 7 nitrogen and oxygen atoms in total. The second-order valence-electron chi connectivity index (χ2n) is 6.13. The molecule has 0 bridgehead atoms. The van der Waals surface area contributed by atoms with Crippen molar-refractivity contribution >= 4 is 24.6 Å². The number of hydrogen-bond donors (Lipinski definition) is 1. The van der Waals surface area contributed by atoms with Crippen LogP contribution in [0.25, 0.3) is 0 Å². The molecule has 0 aromatic rings. The normalized spacial score (nSPS) is 11.0. The molecule has 0 rings (SSSR count). The molecule has 0 atom stereocenters. The predicted molar refractivity (Wildman–Crippen MR) is 83.9 cm³/mol. The van der Waals surface area contributed by atoms with Gasteiger partial charge >= 0.3 is 12.1 Å². The second kappa shape index (κ2) is 11.6. The van der Waals surface area contributed by atoms with Crippen molar-refractivity contribution in [1.82, 2.24) is 5.32 Å². The Morgan fingerprint density at radius 3 is 2.13 bits per heavy atom. The molecule has 0 unspecified atom stereocenters. The molecule has 0 aromatic carbocycles. The summed E-state index contributed by atoms with van der Waals surface area (Å²) in [6.07, 6.45) is 2.39. The summed E-state index contributed by atoms with van der Waals surface area (Å²) < 4.78 is 10.3. The third-order valence-corrected chi connectivity index (χ3v) is 2.73. The Morgan fingerprint density at radius 1 is 1.09 bits per heavy atom. The largest absolute Gasteiger partial charge is 0.460 e. The lowest BCUT2D eigenvalue weighted by atomic mass is 10.1. The lowest BCUT2D eigenvalue weighted by Gasteiger charge is -2.19. The van der Waals surface area contributed by atoms with E-state index in [1.54, 1.807) is 20.8 Å². The molecule has 7 heteroatoms. The van der Waals surface area contributed by atoms with E-state index in [1.165, 1.54) is 0 Å². The van der Waals surface area contributed by atoms with Gasteiger partial charge in [-0.05, 0) is 40.0 Å². The third-order valence-electron chi connectivity index (χ3n) is 2.73. The summed E-state index contributed by atoms with van der Waals surface area (Å²) in [6, 6.07) is 0. The number of amides is 1. The fourth-order valence-electron chi connectivity index (χ4n) is 1.78. The Kier molecular flexibility index (Phi) is 10.7. The zero-order valence-electron chi connectivity index (χ0n) is 14.1. The molecule has 0 spiro atoms. The van der Waals surface area contributed by atoms with E-state index in [0.29, 0.717) is 19.3 Å². The van der Waals surface area contributed by atoms with E-state index >= 15 is 0 Å². The first-order valence-corrected chi connectivity index (χ1v) is 7.82. The highest BCUT2D eigenvalue weighted by atomic mass is 16.6. The molecule has 0 heterocycles. The molecule has 0 fully saturated rings. The predicted octanol–water partition coefficient (Wildman–Crippen LogP) is 2.16. The summed E-state index contributed by atoms with van der Waals surface area (Å²) in [5.74, 6) is -0.317. The van der Waals surface area contributed by atoms with Crippen molar-refractivity contribution in [3.8, 4) is 0 Å². The van der Waals surface area contributed by atoms with Crippen molar-refractivity contribution in [3.05, 3.63) is 0 Å². The van der Waals surface area contributed by atoms with Gasteiger partial charge in [0, 0.05) is 25.8 Å². The first-order valence-electron chi connectivity index (χ1n) is 7.82. The van der Waals surface area contributed by atoms with Crippen LogP contribution in [0.3, 0.4) is 0 Å². The lowest BCUT2D eigenvalue weighted by Crippen LogP contribution is -2.30. The van der Waals surface area contributed by atoms with Gasteiger partial charge in [0.25, 0.3) is 0 Å². The Morgan fingerprint density at radius 2 is 1.65 bits per heavy atom. The average Bonchev–Trinajstić information content (AvgIpc) is 2.44. The fraction of sp³-hybridized carbons (Fsp3) is 0.750. The third kappa shape index (κ3) is 13.5. The van der Waals surface area contributed by atoms with E-state index in [-0.39, 0.29) is 31.8 Å². The summed E-state index contributed by atoms with van der Waals surface area (Å²) in [7, 11) is 0. The first-order chi connectivity index (χ1) is 10.8. The second-order valence-corrected chi connectivity index (χ2v) is 6.13. The fourth-order valence-corrected chi connectivity index (χ4v) is 1.78. The number of ether oxygens (including phenoxy) is 2. The maximum absolute atomic E-state index is 11.6. The van der Waals surface area contributed by atoms with Gasteiger partial charge in [-0.15, -0.1) is 0 Å². The Bertz CT molecular complexity index is 377. The highest BCUT2D eigenvalue weighted by molar-refractivity contribution is 5.70. The molecule has 0 aromatic heterocycles. The number of aldehydes is 2. The molecule has 1 N–H and O–H groups in total. The smallest absolute Gasteiger partial charge is 0.407 e. The van der Waals surface area contributed by atoms with Gasteiger partial charge in [0.15, 0.2) is 0 Å². The van der Waals surface area contributed by atoms with Crippen molar-refractivity contribution < 1.29 is 28.7 Å². The number of carbonyl (C=O) groups excluding carboxylic acids is 4. The Hall–Kier alpha value is -1.92. The van der Waals surface area contributed by atoms with Gasteiger partial charge in [0.05, 0.1) is 0 Å². The molecule has 132 valence electrons. The molecule has 0 aliphatic heterocycles. The number of carbonyl (C=O) groups is 4. The van der Waals surface area contributed by atoms with Crippen molar-refractivity contribution in [2.24, 2.45) is 0 Å². The van der Waals surface area contributed by atoms with Crippen LogP contribution in [0, 0.1) is 0 Å². The first kappa shape index (κ1) is 21.1. The minimum atomic E-state index is -0.615. The van der Waals surface area contributed by atoms with Gasteiger partial charge in [-0.25, -0.2) is 4.79 Å². The van der Waals surface area contributed by atoms with Gasteiger partial charge in [-0.1, -0.05) is 0 Å². The van der Waals surface area contributed by atoms with Crippen LogP contribution < -0.4 is 5.32 Å². The van der Waals surface area contributed by atoms with Gasteiger partial charge < -0.3 is 24.4 Å². The number of alkyl carbamates (subject to hydrolysis) is 1. The van der Waals surface area contributed by atoms with E-state index in [4.69, 9.17) is 9.47 Å². The van der Waals surface area contributed by atoms with Crippen molar-refractivity contribution in [1.29, 1.82) is 0 Å². The van der Waals surface area contributed by atoms with Crippen LogP contribution >= 0.6 is 0 Å². The minimum absolute atomic E-state index is 0.206. The monoisotopic (exact) mass is 329 g/mol. The zero-order valence-corrected chi connectivity index (χ0v) is 14.1. The summed E-state index contributed by atoms with van der Waals surface area (Å²) in [5.41, 5.74) is -0.520. The van der Waals surface area contributed by atoms with Crippen LogP contribution in [-0.2, 0) is 23.9 Å². The van der Waals surface area contributed by atoms with Crippen molar-refractivity contribution in [3.63, 3.8) is 0 Å². The Labute approximate surface area is 137 Å². The van der Waals surface area contributed by atoms with Crippen LogP contribution in [0.15, 0.2) is 0 Å². The van der Waals surface area contributed by atoms with E-state index < -0.39 is 17.8 Å². The number of rotatable bonds is 11. The highest BCUT2D eigenvalue weighted by Gasteiger charge is 2.16. The summed E-state index contributed by atoms with van der Waals surface area (Å²) in [5, 5.41) is 2.54. The van der Waals surface area contributed by atoms with Crippen LogP contribution in [-0.4, -0.2) is 42.9 Å². The van der Waals surface area contributed by atoms with E-state index in [2.05, 4.69) is 5.32 Å². The van der Waals surface area contributed by atoms with E-state index in [9.17, 15) is 19.2 Å². The molecule has 0 aliphatic carbocycles. The molecular formula is C16H27NO6. The van der Waals surface area contributed by atoms with Crippen LogP contribution in [0.4, 0.5) is 4.79 Å². The SMILES string of the molecule is CC(C)(C)OC(=O)CCCNC(=O)OC(CCC=O)CCC=O. The molecule has 0 saturated carbocycles. The highest BCUT2D eigenvalue weighted by Crippen LogP contribution is 2.10. The number of esters is 1. The van der Waals surface area contributed by atoms with E-state index in [0.717, 1.165) is 12.6 Å². The Balaban J connectivity index is 3.95. The van der Waals surface area contributed by atoms with Crippen LogP contribution in [0.2, 0.25) is 0 Å². The van der Waals surface area contributed by atoms with Crippen molar-refractivity contribution in [2.45, 2.75) is 71.0 Å². The van der Waals surface area contributed by atoms with Crippen LogP contribution in [0.5, 0.6) is 0 Å². The van der Waals surface area contributed by atoms with Crippen LogP contribution in [0.1, 0.15) is 59.3 Å². The van der Waals surface area contributed by atoms with Crippen molar-refractivity contribution in [2.75, 3.05) is 6.54 Å². The van der Waals surface area contributed by atoms with Gasteiger partial charge in [-0.2, -0.15) is 0 Å². The molecule has 23 heavy (non-hydrogen) atoms. The topological polar surface area (TPSA) is 98.8 Å². The minimum Gasteiger partial charge on any atom is -0.460 e. The average molecular weight is 329 g/mol. The van der Waals surface area contributed by atoms with Gasteiger partial charge in [0.2, 0.25) is 0 Å². The molecule has 0 aliphatic rings. The standard InChI is InChI=1S/C16H27NO6/c1-16(2,3)23-14(20)9-4-10-17-15(21)22-13(7-5-11-18)8-6-12-19/h11-13H,4-10H2,1-3H3,(H,17,21). The number of nitrogens with one attached hydrogen (secondary N) is 1.